The van der Waals surface area contributed by atoms with E-state index in [1.54, 1.807) is 0 Å². The van der Waals surface area contributed by atoms with Crippen molar-refractivity contribution in [2.45, 2.75) is 30.7 Å². The maximum absolute atomic E-state index is 12.4. The number of likely N-dealkylation sites (tertiary alicyclic amines) is 1. The average Bonchev–Trinajstić information content (AvgIpc) is 2.80. The van der Waals surface area contributed by atoms with Gasteiger partial charge in [0.15, 0.2) is 0 Å². The molecule has 1 aliphatic heterocycles. The zero-order chi connectivity index (χ0) is 14.7. The number of carbonyl (C=O) groups excluding carboxylic acids is 2. The Kier molecular flexibility index (Phi) is 5.18. The summed E-state index contributed by atoms with van der Waals surface area (Å²) >= 11 is 2.28. The summed E-state index contributed by atoms with van der Waals surface area (Å²) < 4.78 is 0.0122. The number of Topliss-reactive ketones (excluding diaryl/α,β-unsaturated/α-hetero) is 1. The number of rotatable bonds is 5. The van der Waals surface area contributed by atoms with Gasteiger partial charge in [-0.15, -0.1) is 0 Å². The number of ketones is 1. The molecule has 0 saturated carbocycles. The van der Waals surface area contributed by atoms with Gasteiger partial charge in [0.05, 0.1) is 5.92 Å². The van der Waals surface area contributed by atoms with Crippen LogP contribution in [0.1, 0.15) is 36.3 Å². The Hall–Kier alpha value is -0.910. The minimum atomic E-state index is -0.418. The Balaban J connectivity index is 2.06. The molecule has 1 heterocycles. The quantitative estimate of drug-likeness (QED) is 0.336. The number of halogens is 1. The first-order valence-electron chi connectivity index (χ1n) is 7.03. The van der Waals surface area contributed by atoms with E-state index in [9.17, 15) is 9.59 Å². The van der Waals surface area contributed by atoms with Crippen LogP contribution in [0.15, 0.2) is 30.3 Å². The topological polar surface area (TPSA) is 37.4 Å². The van der Waals surface area contributed by atoms with Crippen molar-refractivity contribution >= 4 is 34.3 Å². The van der Waals surface area contributed by atoms with Gasteiger partial charge in [0.2, 0.25) is 5.91 Å². The van der Waals surface area contributed by atoms with Crippen LogP contribution in [0.25, 0.3) is 0 Å². The van der Waals surface area contributed by atoms with Crippen LogP contribution in [0, 0.1) is 11.8 Å². The van der Waals surface area contributed by atoms with Crippen molar-refractivity contribution in [3.8, 4) is 0 Å². The summed E-state index contributed by atoms with van der Waals surface area (Å²) in [6.07, 6.45) is 1.16. The lowest BCUT2D eigenvalue weighted by atomic mass is 9.95. The normalized spacial score (nSPS) is 20.5. The first-order chi connectivity index (χ1) is 9.50. The minimum Gasteiger partial charge on any atom is -0.326 e. The summed E-state index contributed by atoms with van der Waals surface area (Å²) in [6, 6.07) is 9.96. The second-order valence-electron chi connectivity index (χ2n) is 5.68. The molecule has 0 spiro atoms. The number of carbonyl (C=O) groups is 2. The molecule has 4 heteroatoms. The molecular weight excluding hydrogens is 365 g/mol. The SMILES string of the molecule is CC(C)CC(=O)C1CCN(C(I)c2ccccc2)C1=O. The fourth-order valence-corrected chi connectivity index (χ4v) is 3.53. The van der Waals surface area contributed by atoms with E-state index < -0.39 is 5.92 Å². The zero-order valence-corrected chi connectivity index (χ0v) is 14.0. The van der Waals surface area contributed by atoms with E-state index in [0.717, 1.165) is 5.56 Å². The lowest BCUT2D eigenvalue weighted by molar-refractivity contribution is -0.137. The number of amides is 1. The van der Waals surface area contributed by atoms with Crippen LogP contribution in [-0.4, -0.2) is 23.1 Å². The van der Waals surface area contributed by atoms with Gasteiger partial charge in [-0.05, 0) is 17.9 Å². The van der Waals surface area contributed by atoms with Crippen molar-refractivity contribution in [2.75, 3.05) is 6.54 Å². The lowest BCUT2D eigenvalue weighted by Gasteiger charge is -2.23. The predicted octanol–water partition coefficient (Wildman–Crippen LogP) is 3.58. The number of benzene rings is 1. The van der Waals surface area contributed by atoms with Gasteiger partial charge in [0.1, 0.15) is 9.83 Å². The third-order valence-corrected chi connectivity index (χ3v) is 4.98. The van der Waals surface area contributed by atoms with Gasteiger partial charge in [-0.3, -0.25) is 9.59 Å². The van der Waals surface area contributed by atoms with Crippen LogP contribution in [0.4, 0.5) is 0 Å². The van der Waals surface area contributed by atoms with E-state index in [0.29, 0.717) is 25.3 Å². The van der Waals surface area contributed by atoms with Crippen LogP contribution >= 0.6 is 22.6 Å². The lowest BCUT2D eigenvalue weighted by Crippen LogP contribution is -2.31. The van der Waals surface area contributed by atoms with E-state index in [2.05, 4.69) is 22.6 Å². The van der Waals surface area contributed by atoms with Crippen molar-refractivity contribution in [1.82, 2.24) is 4.90 Å². The minimum absolute atomic E-state index is 0.00102. The number of hydrogen-bond acceptors (Lipinski definition) is 2. The summed E-state index contributed by atoms with van der Waals surface area (Å²) in [5, 5.41) is 0. The molecule has 1 saturated heterocycles. The number of hydrogen-bond donors (Lipinski definition) is 0. The summed E-state index contributed by atoms with van der Waals surface area (Å²) in [7, 11) is 0. The van der Waals surface area contributed by atoms with Gasteiger partial charge >= 0.3 is 0 Å². The van der Waals surface area contributed by atoms with Crippen molar-refractivity contribution in [1.29, 1.82) is 0 Å². The Morgan fingerprint density at radius 2 is 2.00 bits per heavy atom. The second-order valence-corrected chi connectivity index (χ2v) is 6.86. The van der Waals surface area contributed by atoms with Gasteiger partial charge < -0.3 is 4.90 Å². The molecule has 108 valence electrons. The van der Waals surface area contributed by atoms with E-state index in [4.69, 9.17) is 0 Å². The highest BCUT2D eigenvalue weighted by Gasteiger charge is 2.39. The van der Waals surface area contributed by atoms with Gasteiger partial charge in [-0.1, -0.05) is 66.8 Å². The van der Waals surface area contributed by atoms with Gasteiger partial charge in [-0.25, -0.2) is 0 Å². The van der Waals surface area contributed by atoms with Crippen LogP contribution < -0.4 is 0 Å². The van der Waals surface area contributed by atoms with E-state index in [1.807, 2.05) is 49.1 Å². The Bertz CT molecular complexity index is 487. The molecule has 0 radical (unpaired) electrons. The first kappa shape index (κ1) is 15.5. The molecule has 3 nitrogen and oxygen atoms in total. The Morgan fingerprint density at radius 3 is 2.60 bits per heavy atom. The van der Waals surface area contributed by atoms with Crippen LogP contribution in [0.5, 0.6) is 0 Å². The van der Waals surface area contributed by atoms with Gasteiger partial charge in [-0.2, -0.15) is 0 Å². The molecule has 0 aromatic heterocycles. The van der Waals surface area contributed by atoms with Gasteiger partial charge in [0.25, 0.3) is 0 Å². The van der Waals surface area contributed by atoms with E-state index >= 15 is 0 Å². The molecule has 0 bridgehead atoms. The van der Waals surface area contributed by atoms with Crippen molar-refractivity contribution < 1.29 is 9.59 Å². The molecule has 2 rings (SSSR count). The van der Waals surface area contributed by atoms with Crippen LogP contribution in [0.3, 0.4) is 0 Å². The molecule has 2 unspecified atom stereocenters. The highest BCUT2D eigenvalue weighted by atomic mass is 127. The molecule has 1 amide bonds. The number of nitrogens with zero attached hydrogens (tertiary/aromatic N) is 1. The third-order valence-electron chi connectivity index (χ3n) is 3.59. The molecule has 1 fully saturated rings. The molecular formula is C16H20INO2. The zero-order valence-electron chi connectivity index (χ0n) is 11.9. The first-order valence-corrected chi connectivity index (χ1v) is 8.27. The van der Waals surface area contributed by atoms with Crippen LogP contribution in [0.2, 0.25) is 0 Å². The largest absolute Gasteiger partial charge is 0.326 e. The fraction of sp³-hybridized carbons (Fsp3) is 0.500. The maximum Gasteiger partial charge on any atom is 0.234 e. The standard InChI is InChI=1S/C16H20INO2/c1-11(2)10-14(19)13-8-9-18(16(13)20)15(17)12-6-4-3-5-7-12/h3-7,11,13,15H,8-10H2,1-2H3. The molecule has 1 aromatic carbocycles. The van der Waals surface area contributed by atoms with E-state index in [-0.39, 0.29) is 15.7 Å². The summed E-state index contributed by atoms with van der Waals surface area (Å²) in [4.78, 5) is 26.4. The van der Waals surface area contributed by atoms with E-state index in [1.165, 1.54) is 0 Å². The Morgan fingerprint density at radius 1 is 1.35 bits per heavy atom. The third kappa shape index (κ3) is 3.40. The molecule has 1 aromatic rings. The maximum atomic E-state index is 12.4. The molecule has 0 aliphatic carbocycles. The summed E-state index contributed by atoms with van der Waals surface area (Å²) in [5.41, 5.74) is 1.11. The highest BCUT2D eigenvalue weighted by molar-refractivity contribution is 14.1. The summed E-state index contributed by atoms with van der Waals surface area (Å²) in [6.45, 7) is 4.70. The Labute approximate surface area is 133 Å². The highest BCUT2D eigenvalue weighted by Crippen LogP contribution is 2.34. The monoisotopic (exact) mass is 385 g/mol. The van der Waals surface area contributed by atoms with Gasteiger partial charge in [0, 0.05) is 13.0 Å². The molecule has 1 aliphatic rings. The molecule has 2 atom stereocenters. The summed E-state index contributed by atoms with van der Waals surface area (Å²) in [5.74, 6) is -0.00434. The molecule has 20 heavy (non-hydrogen) atoms. The fourth-order valence-electron chi connectivity index (χ4n) is 2.56. The smallest absolute Gasteiger partial charge is 0.234 e. The van der Waals surface area contributed by atoms with Crippen LogP contribution in [-0.2, 0) is 9.59 Å². The van der Waals surface area contributed by atoms with Crippen molar-refractivity contribution in [3.05, 3.63) is 35.9 Å². The molecule has 0 N–H and O–H groups in total. The predicted molar refractivity (Wildman–Crippen MR) is 87.5 cm³/mol. The second kappa shape index (κ2) is 6.70. The number of alkyl halides is 1. The van der Waals surface area contributed by atoms with Crippen molar-refractivity contribution in [3.63, 3.8) is 0 Å². The van der Waals surface area contributed by atoms with Crippen molar-refractivity contribution in [2.24, 2.45) is 11.8 Å². The average molecular weight is 385 g/mol.